The lowest BCUT2D eigenvalue weighted by Gasteiger charge is -2.17. The van der Waals surface area contributed by atoms with E-state index in [4.69, 9.17) is 21.1 Å². The average Bonchev–Trinajstić information content (AvgIpc) is 2.99. The van der Waals surface area contributed by atoms with Gasteiger partial charge in [-0.3, -0.25) is 4.79 Å². The van der Waals surface area contributed by atoms with Gasteiger partial charge in [-0.2, -0.15) is 4.98 Å². The van der Waals surface area contributed by atoms with Gasteiger partial charge in [0.25, 0.3) is 5.91 Å². The Morgan fingerprint density at radius 2 is 1.93 bits per heavy atom. The minimum absolute atomic E-state index is 0.0687. The van der Waals surface area contributed by atoms with Crippen LogP contribution in [-0.4, -0.2) is 42.0 Å². The first-order chi connectivity index (χ1) is 12.9. The third kappa shape index (κ3) is 4.05. The fourth-order valence-corrected chi connectivity index (χ4v) is 4.11. The molecule has 0 aliphatic rings. The number of methoxy groups -OCH3 is 2. The number of amides is 1. The topological polar surface area (TPSA) is 64.6 Å². The molecule has 0 aliphatic carbocycles. The first-order valence-electron chi connectivity index (χ1n) is 8.27. The molecule has 0 atom stereocenters. The van der Waals surface area contributed by atoms with Crippen molar-refractivity contribution in [3.63, 3.8) is 0 Å². The third-order valence-electron chi connectivity index (χ3n) is 4.14. The Hall–Kier alpha value is -2.22. The molecule has 6 nitrogen and oxygen atoms in total. The molecule has 27 heavy (non-hydrogen) atoms. The number of carbonyl (C=O) groups is 1. The first-order valence-corrected chi connectivity index (χ1v) is 9.47. The summed E-state index contributed by atoms with van der Waals surface area (Å²) in [6, 6.07) is 7.46. The SMILES string of the molecule is COCc1nc(OC)c2c(C)c(C(=O)N(C)Cc3ccc(Cl)cc3)sc2n1. The number of nitrogens with zero attached hydrogens (tertiary/aromatic N) is 3. The van der Waals surface area contributed by atoms with Crippen molar-refractivity contribution in [3.8, 4) is 5.88 Å². The Morgan fingerprint density at radius 1 is 1.22 bits per heavy atom. The molecule has 142 valence electrons. The number of aryl methyl sites for hydroxylation is 1. The van der Waals surface area contributed by atoms with Crippen LogP contribution in [0.5, 0.6) is 5.88 Å². The van der Waals surface area contributed by atoms with Crippen LogP contribution in [-0.2, 0) is 17.9 Å². The Balaban J connectivity index is 1.94. The van der Waals surface area contributed by atoms with E-state index in [1.807, 2.05) is 31.2 Å². The number of halogens is 1. The van der Waals surface area contributed by atoms with Gasteiger partial charge in [-0.15, -0.1) is 11.3 Å². The summed E-state index contributed by atoms with van der Waals surface area (Å²) in [7, 11) is 4.92. The molecule has 0 bridgehead atoms. The number of aromatic nitrogens is 2. The molecular formula is C19H20ClN3O3S. The van der Waals surface area contributed by atoms with E-state index in [-0.39, 0.29) is 12.5 Å². The van der Waals surface area contributed by atoms with E-state index in [0.717, 1.165) is 21.3 Å². The summed E-state index contributed by atoms with van der Waals surface area (Å²) in [5, 5.41) is 1.44. The molecule has 3 rings (SSSR count). The minimum atomic E-state index is -0.0687. The van der Waals surface area contributed by atoms with Crippen LogP contribution in [0.3, 0.4) is 0 Å². The van der Waals surface area contributed by atoms with Crippen LogP contribution in [0.4, 0.5) is 0 Å². The van der Waals surface area contributed by atoms with Crippen molar-refractivity contribution in [1.29, 1.82) is 0 Å². The Labute approximate surface area is 166 Å². The second kappa shape index (κ2) is 8.21. The summed E-state index contributed by atoms with van der Waals surface area (Å²) in [6.07, 6.45) is 0. The average molecular weight is 406 g/mol. The molecule has 0 aliphatic heterocycles. The number of carbonyl (C=O) groups excluding carboxylic acids is 1. The van der Waals surface area contributed by atoms with Gasteiger partial charge in [0.2, 0.25) is 5.88 Å². The molecule has 1 aromatic carbocycles. The zero-order valence-corrected chi connectivity index (χ0v) is 17.1. The van der Waals surface area contributed by atoms with Crippen LogP contribution in [0.1, 0.15) is 26.6 Å². The molecule has 0 unspecified atom stereocenters. The van der Waals surface area contributed by atoms with Crippen molar-refractivity contribution in [1.82, 2.24) is 14.9 Å². The summed E-state index contributed by atoms with van der Waals surface area (Å²) in [5.74, 6) is 0.914. The van der Waals surface area contributed by atoms with E-state index >= 15 is 0 Å². The number of rotatable bonds is 6. The van der Waals surface area contributed by atoms with Crippen molar-refractivity contribution in [2.75, 3.05) is 21.3 Å². The second-order valence-corrected chi connectivity index (χ2v) is 7.54. The lowest BCUT2D eigenvalue weighted by Crippen LogP contribution is -2.25. The monoisotopic (exact) mass is 405 g/mol. The number of hydrogen-bond donors (Lipinski definition) is 0. The molecule has 0 radical (unpaired) electrons. The molecule has 0 saturated heterocycles. The fraction of sp³-hybridized carbons (Fsp3) is 0.316. The van der Waals surface area contributed by atoms with Gasteiger partial charge in [-0.1, -0.05) is 23.7 Å². The molecule has 2 aromatic heterocycles. The summed E-state index contributed by atoms with van der Waals surface area (Å²) in [4.78, 5) is 24.9. The molecular weight excluding hydrogens is 386 g/mol. The van der Waals surface area contributed by atoms with Gasteiger partial charge in [0, 0.05) is 25.7 Å². The van der Waals surface area contributed by atoms with Gasteiger partial charge in [-0.25, -0.2) is 4.98 Å². The zero-order valence-electron chi connectivity index (χ0n) is 15.6. The molecule has 3 aromatic rings. The molecule has 0 N–H and O–H groups in total. The van der Waals surface area contributed by atoms with E-state index in [0.29, 0.717) is 28.1 Å². The quantitative estimate of drug-likeness (QED) is 0.618. The summed E-state index contributed by atoms with van der Waals surface area (Å²) in [6.45, 7) is 2.66. The van der Waals surface area contributed by atoms with E-state index < -0.39 is 0 Å². The maximum Gasteiger partial charge on any atom is 0.264 e. The fourth-order valence-electron chi connectivity index (χ4n) is 2.80. The molecule has 0 spiro atoms. The molecule has 0 saturated carbocycles. The molecule has 0 fully saturated rings. The summed E-state index contributed by atoms with van der Waals surface area (Å²) >= 11 is 7.27. The number of benzene rings is 1. The minimum Gasteiger partial charge on any atom is -0.480 e. The maximum atomic E-state index is 13.0. The highest BCUT2D eigenvalue weighted by molar-refractivity contribution is 7.20. The van der Waals surface area contributed by atoms with E-state index in [1.165, 1.54) is 11.3 Å². The smallest absolute Gasteiger partial charge is 0.264 e. The zero-order chi connectivity index (χ0) is 19.6. The number of fused-ring (bicyclic) bond motifs is 1. The van der Waals surface area contributed by atoms with Gasteiger partial charge < -0.3 is 14.4 Å². The van der Waals surface area contributed by atoms with Crippen LogP contribution in [0.15, 0.2) is 24.3 Å². The third-order valence-corrected chi connectivity index (χ3v) is 5.57. The predicted molar refractivity (Wildman–Crippen MR) is 107 cm³/mol. The van der Waals surface area contributed by atoms with Gasteiger partial charge in [-0.05, 0) is 30.2 Å². The number of thiophene rings is 1. The van der Waals surface area contributed by atoms with Crippen molar-refractivity contribution >= 4 is 39.1 Å². The van der Waals surface area contributed by atoms with Crippen LogP contribution in [0, 0.1) is 6.92 Å². The largest absolute Gasteiger partial charge is 0.480 e. The van der Waals surface area contributed by atoms with E-state index in [1.54, 1.807) is 26.2 Å². The van der Waals surface area contributed by atoms with E-state index in [2.05, 4.69) is 9.97 Å². The summed E-state index contributed by atoms with van der Waals surface area (Å²) in [5.41, 5.74) is 1.83. The van der Waals surface area contributed by atoms with Crippen LogP contribution in [0.2, 0.25) is 5.02 Å². The van der Waals surface area contributed by atoms with Crippen molar-refractivity contribution in [2.24, 2.45) is 0 Å². The lowest BCUT2D eigenvalue weighted by molar-refractivity contribution is 0.0789. The van der Waals surface area contributed by atoms with Crippen molar-refractivity contribution < 1.29 is 14.3 Å². The Kier molecular flexibility index (Phi) is 5.94. The van der Waals surface area contributed by atoms with Gasteiger partial charge in [0.1, 0.15) is 11.4 Å². The highest BCUT2D eigenvalue weighted by atomic mass is 35.5. The van der Waals surface area contributed by atoms with E-state index in [9.17, 15) is 4.79 Å². The van der Waals surface area contributed by atoms with Crippen LogP contribution < -0.4 is 4.74 Å². The van der Waals surface area contributed by atoms with Crippen LogP contribution >= 0.6 is 22.9 Å². The molecule has 2 heterocycles. The molecule has 8 heteroatoms. The standard InChI is InChI=1S/C19H20ClN3O3S/c1-11-15-17(26-4)21-14(10-25-3)22-18(15)27-16(11)19(24)23(2)9-12-5-7-13(20)8-6-12/h5-8H,9-10H2,1-4H3. The normalized spacial score (nSPS) is 11.0. The maximum absolute atomic E-state index is 13.0. The van der Waals surface area contributed by atoms with Gasteiger partial charge in [0.05, 0.1) is 17.4 Å². The number of ether oxygens (including phenoxy) is 2. The number of hydrogen-bond acceptors (Lipinski definition) is 6. The van der Waals surface area contributed by atoms with Gasteiger partial charge >= 0.3 is 0 Å². The van der Waals surface area contributed by atoms with Crippen molar-refractivity contribution in [2.45, 2.75) is 20.1 Å². The Bertz CT molecular complexity index is 972. The summed E-state index contributed by atoms with van der Waals surface area (Å²) < 4.78 is 10.5. The Morgan fingerprint density at radius 3 is 2.56 bits per heavy atom. The highest BCUT2D eigenvalue weighted by Gasteiger charge is 2.23. The lowest BCUT2D eigenvalue weighted by atomic mass is 10.1. The predicted octanol–water partition coefficient (Wildman–Crippen LogP) is 4.08. The first kappa shape index (κ1) is 19.5. The second-order valence-electron chi connectivity index (χ2n) is 6.11. The van der Waals surface area contributed by atoms with Gasteiger partial charge in [0.15, 0.2) is 5.82 Å². The molecule has 1 amide bonds. The van der Waals surface area contributed by atoms with Crippen molar-refractivity contribution in [3.05, 3.63) is 51.1 Å². The highest BCUT2D eigenvalue weighted by Crippen LogP contribution is 2.35. The van der Waals surface area contributed by atoms with Crippen LogP contribution in [0.25, 0.3) is 10.2 Å².